The molecule has 150 valence electrons. The molecule has 0 saturated heterocycles. The van der Waals surface area contributed by atoms with E-state index in [0.29, 0.717) is 5.57 Å². The number of sulfone groups is 2. The topological polar surface area (TPSA) is 88.5 Å². The van der Waals surface area contributed by atoms with Gasteiger partial charge in [-0.1, -0.05) is 48.6 Å². The monoisotopic (exact) mass is 420 g/mol. The highest BCUT2D eigenvalue weighted by atomic mass is 32.3. The van der Waals surface area contributed by atoms with E-state index in [4.69, 9.17) is 0 Å². The Labute approximate surface area is 166 Å². The fraction of sp³-hybridized carbons (Fsp3) is 0.333. The van der Waals surface area contributed by atoms with Crippen LogP contribution in [-0.4, -0.2) is 31.6 Å². The fourth-order valence-corrected chi connectivity index (χ4v) is 9.07. The molecular formula is C21H24O5S2. The Kier molecular flexibility index (Phi) is 5.06. The van der Waals surface area contributed by atoms with Crippen LogP contribution in [0.1, 0.15) is 26.7 Å². The maximum atomic E-state index is 13.7. The van der Waals surface area contributed by atoms with E-state index < -0.39 is 35.3 Å². The highest BCUT2D eigenvalue weighted by Gasteiger charge is 2.62. The van der Waals surface area contributed by atoms with E-state index in [0.717, 1.165) is 0 Å². The minimum atomic E-state index is -4.29. The van der Waals surface area contributed by atoms with E-state index in [1.54, 1.807) is 50.2 Å². The Morgan fingerprint density at radius 2 is 1.29 bits per heavy atom. The van der Waals surface area contributed by atoms with Crippen molar-refractivity contribution < 1.29 is 21.9 Å². The molecule has 0 unspecified atom stereocenters. The van der Waals surface area contributed by atoms with Gasteiger partial charge in [0.2, 0.25) is 0 Å². The van der Waals surface area contributed by atoms with Crippen LogP contribution in [0, 0.1) is 5.92 Å². The quantitative estimate of drug-likeness (QED) is 0.749. The predicted molar refractivity (Wildman–Crippen MR) is 108 cm³/mol. The van der Waals surface area contributed by atoms with Crippen molar-refractivity contribution in [3.63, 3.8) is 0 Å². The fourth-order valence-electron chi connectivity index (χ4n) is 3.93. The Balaban J connectivity index is 2.30. The number of hydrogen-bond acceptors (Lipinski definition) is 5. The minimum absolute atomic E-state index is 0.0568. The van der Waals surface area contributed by atoms with Crippen LogP contribution in [0.15, 0.2) is 82.6 Å². The second-order valence-electron chi connectivity index (χ2n) is 7.79. The molecule has 0 heterocycles. The molecule has 0 aromatic heterocycles. The summed E-state index contributed by atoms with van der Waals surface area (Å²) in [6.07, 6.45) is -0.500. The van der Waals surface area contributed by atoms with Crippen LogP contribution in [-0.2, 0) is 19.7 Å². The van der Waals surface area contributed by atoms with Gasteiger partial charge >= 0.3 is 0 Å². The lowest BCUT2D eigenvalue weighted by Crippen LogP contribution is -2.45. The number of hydrogen-bond donors (Lipinski definition) is 1. The van der Waals surface area contributed by atoms with E-state index in [2.05, 4.69) is 6.58 Å². The van der Waals surface area contributed by atoms with E-state index in [1.165, 1.54) is 24.3 Å². The highest BCUT2D eigenvalue weighted by Crippen LogP contribution is 2.53. The Hall–Kier alpha value is -1.96. The SMILES string of the molecule is C=C1CC(S(=O)(=O)c2ccccc2)(S(=O)(=O)c2ccccc2)C[C@@H]1C(C)(C)O. The van der Waals surface area contributed by atoms with Crippen molar-refractivity contribution in [1.82, 2.24) is 0 Å². The molecule has 2 aromatic rings. The normalized spacial score (nSPS) is 20.2. The van der Waals surface area contributed by atoms with Crippen LogP contribution in [0.25, 0.3) is 0 Å². The van der Waals surface area contributed by atoms with Crippen LogP contribution in [0.4, 0.5) is 0 Å². The second kappa shape index (κ2) is 6.83. The van der Waals surface area contributed by atoms with Crippen molar-refractivity contribution in [3.05, 3.63) is 72.8 Å². The van der Waals surface area contributed by atoms with Crippen molar-refractivity contribution in [1.29, 1.82) is 0 Å². The zero-order valence-electron chi connectivity index (χ0n) is 15.9. The summed E-state index contributed by atoms with van der Waals surface area (Å²) in [5.74, 6) is -0.663. The Morgan fingerprint density at radius 1 is 0.893 bits per heavy atom. The van der Waals surface area contributed by atoms with E-state index in [9.17, 15) is 21.9 Å². The lowest BCUT2D eigenvalue weighted by molar-refractivity contribution is 0.0346. The molecular weight excluding hydrogens is 396 g/mol. The molecule has 0 spiro atoms. The first-order valence-corrected chi connectivity index (χ1v) is 11.9. The molecule has 5 nitrogen and oxygen atoms in total. The number of benzene rings is 2. The molecule has 0 radical (unpaired) electrons. The van der Waals surface area contributed by atoms with Crippen molar-refractivity contribution >= 4 is 19.7 Å². The molecule has 1 saturated carbocycles. The molecule has 1 aliphatic rings. The van der Waals surface area contributed by atoms with Gasteiger partial charge in [-0.2, -0.15) is 0 Å². The first-order chi connectivity index (χ1) is 12.9. The van der Waals surface area contributed by atoms with Gasteiger partial charge in [0.1, 0.15) is 0 Å². The molecule has 3 rings (SSSR count). The van der Waals surface area contributed by atoms with Crippen molar-refractivity contribution in [2.24, 2.45) is 5.92 Å². The smallest absolute Gasteiger partial charge is 0.199 e. The lowest BCUT2D eigenvalue weighted by Gasteiger charge is -2.31. The van der Waals surface area contributed by atoms with E-state index in [-0.39, 0.29) is 22.6 Å². The molecule has 1 aliphatic carbocycles. The summed E-state index contributed by atoms with van der Waals surface area (Å²) < 4.78 is 52.6. The maximum absolute atomic E-state index is 13.7. The summed E-state index contributed by atoms with van der Waals surface area (Å²) in [5.41, 5.74) is -0.872. The van der Waals surface area contributed by atoms with Gasteiger partial charge in [-0.3, -0.25) is 0 Å². The molecule has 7 heteroatoms. The van der Waals surface area contributed by atoms with Gasteiger partial charge < -0.3 is 5.11 Å². The molecule has 28 heavy (non-hydrogen) atoms. The third-order valence-corrected chi connectivity index (χ3v) is 11.1. The molecule has 0 bridgehead atoms. The standard InChI is InChI=1S/C21H24O5S2/c1-16-14-21(15-19(16)20(2,3)22,27(23,24)17-10-6-4-7-11-17)28(25,26)18-12-8-5-9-13-18/h4-13,19,22H,1,14-15H2,2-3H3/t19-/m0/s1. The molecule has 1 N–H and O–H groups in total. The Bertz CT molecular complexity index is 1010. The third-order valence-electron chi connectivity index (χ3n) is 5.44. The van der Waals surface area contributed by atoms with Gasteiger partial charge in [0.25, 0.3) is 0 Å². The zero-order valence-corrected chi connectivity index (χ0v) is 17.5. The van der Waals surface area contributed by atoms with Crippen molar-refractivity contribution in [2.75, 3.05) is 0 Å². The average molecular weight is 421 g/mol. The van der Waals surface area contributed by atoms with E-state index >= 15 is 0 Å². The van der Waals surface area contributed by atoms with Gasteiger partial charge in [0, 0.05) is 12.3 Å². The Morgan fingerprint density at radius 3 is 1.61 bits per heavy atom. The van der Waals surface area contributed by atoms with Crippen LogP contribution < -0.4 is 0 Å². The van der Waals surface area contributed by atoms with Gasteiger partial charge in [-0.25, -0.2) is 16.8 Å². The number of rotatable bonds is 5. The highest BCUT2D eigenvalue weighted by molar-refractivity contribution is 8.10. The van der Waals surface area contributed by atoms with Crippen LogP contribution in [0.3, 0.4) is 0 Å². The summed E-state index contributed by atoms with van der Waals surface area (Å²) in [6.45, 7) is 7.01. The molecule has 2 aromatic carbocycles. The van der Waals surface area contributed by atoms with Crippen LogP contribution in [0.2, 0.25) is 0 Å². The maximum Gasteiger partial charge on any atom is 0.199 e. The van der Waals surface area contributed by atoms with Gasteiger partial charge in [0.15, 0.2) is 23.8 Å². The van der Waals surface area contributed by atoms with Crippen molar-refractivity contribution in [3.8, 4) is 0 Å². The summed E-state index contributed by atoms with van der Waals surface area (Å²) in [6, 6.07) is 15.2. The van der Waals surface area contributed by atoms with Gasteiger partial charge in [-0.15, -0.1) is 0 Å². The zero-order chi connectivity index (χ0) is 20.8. The van der Waals surface area contributed by atoms with Crippen molar-refractivity contribution in [2.45, 2.75) is 46.2 Å². The molecule has 1 atom stereocenters. The van der Waals surface area contributed by atoms with Gasteiger partial charge in [0.05, 0.1) is 15.4 Å². The van der Waals surface area contributed by atoms with Crippen LogP contribution in [0.5, 0.6) is 0 Å². The molecule has 1 fully saturated rings. The third kappa shape index (κ3) is 3.11. The summed E-state index contributed by atoms with van der Waals surface area (Å²) in [7, 11) is -8.58. The molecule has 0 amide bonds. The first kappa shape index (κ1) is 20.8. The van der Waals surface area contributed by atoms with Gasteiger partial charge in [-0.05, 0) is 44.5 Å². The van der Waals surface area contributed by atoms with E-state index in [1.807, 2.05) is 0 Å². The summed E-state index contributed by atoms with van der Waals surface area (Å²) >= 11 is 0. The first-order valence-electron chi connectivity index (χ1n) is 8.93. The average Bonchev–Trinajstić information content (AvgIpc) is 3.03. The largest absolute Gasteiger partial charge is 0.390 e. The second-order valence-corrected chi connectivity index (χ2v) is 12.6. The lowest BCUT2D eigenvalue weighted by atomic mass is 9.87. The summed E-state index contributed by atoms with van der Waals surface area (Å²) in [4.78, 5) is -0.114. The summed E-state index contributed by atoms with van der Waals surface area (Å²) in [5, 5.41) is 10.5. The van der Waals surface area contributed by atoms with Crippen LogP contribution >= 0.6 is 0 Å². The minimum Gasteiger partial charge on any atom is -0.390 e. The predicted octanol–water partition coefficient (Wildman–Crippen LogP) is 3.37. The molecule has 0 aliphatic heterocycles. The number of aliphatic hydroxyl groups is 1.